The fraction of sp³-hybridized carbons (Fsp3) is 0.867. The number of urea groups is 1. The minimum absolute atomic E-state index is 0. The van der Waals surface area contributed by atoms with E-state index in [0.29, 0.717) is 6.04 Å². The smallest absolute Gasteiger partial charge is 0.315 e. The molecule has 2 atom stereocenters. The molecule has 6 nitrogen and oxygen atoms in total. The van der Waals surface area contributed by atoms with Gasteiger partial charge in [0.1, 0.15) is 0 Å². The molecule has 4 N–H and O–H groups in total. The molecule has 128 valence electrons. The van der Waals surface area contributed by atoms with Crippen LogP contribution in [0.5, 0.6) is 0 Å². The van der Waals surface area contributed by atoms with E-state index in [9.17, 15) is 9.59 Å². The molecule has 0 aromatic heterocycles. The molecule has 1 saturated heterocycles. The molecule has 1 saturated carbocycles. The highest BCUT2D eigenvalue weighted by Gasteiger charge is 2.22. The zero-order chi connectivity index (χ0) is 15.1. The van der Waals surface area contributed by atoms with Crippen molar-refractivity contribution in [2.24, 2.45) is 0 Å². The van der Waals surface area contributed by atoms with Crippen LogP contribution in [0.2, 0.25) is 0 Å². The van der Waals surface area contributed by atoms with Gasteiger partial charge in [-0.15, -0.1) is 12.4 Å². The van der Waals surface area contributed by atoms with Gasteiger partial charge < -0.3 is 21.3 Å². The summed E-state index contributed by atoms with van der Waals surface area (Å²) in [6.07, 6.45) is 7.78. The number of halogens is 1. The van der Waals surface area contributed by atoms with E-state index < -0.39 is 0 Å². The summed E-state index contributed by atoms with van der Waals surface area (Å²) in [5, 5.41) is 11.9. The Morgan fingerprint density at radius 1 is 1.05 bits per heavy atom. The van der Waals surface area contributed by atoms with Crippen LogP contribution in [0.3, 0.4) is 0 Å². The molecule has 0 radical (unpaired) electrons. The predicted octanol–water partition coefficient (Wildman–Crippen LogP) is 1.30. The Morgan fingerprint density at radius 3 is 2.45 bits per heavy atom. The normalized spacial score (nSPS) is 25.7. The van der Waals surface area contributed by atoms with Gasteiger partial charge in [-0.1, -0.05) is 19.3 Å². The molecule has 2 aliphatic rings. The zero-order valence-corrected chi connectivity index (χ0v) is 14.1. The third-order valence-corrected chi connectivity index (χ3v) is 4.46. The van der Waals surface area contributed by atoms with E-state index in [0.717, 1.165) is 32.2 Å². The van der Waals surface area contributed by atoms with Gasteiger partial charge in [-0.25, -0.2) is 4.79 Å². The van der Waals surface area contributed by atoms with Crippen LogP contribution in [-0.4, -0.2) is 43.2 Å². The van der Waals surface area contributed by atoms with Crippen molar-refractivity contribution in [2.45, 2.75) is 70.0 Å². The minimum Gasteiger partial charge on any atom is -0.350 e. The molecule has 0 spiro atoms. The fourth-order valence-electron chi connectivity index (χ4n) is 3.14. The summed E-state index contributed by atoms with van der Waals surface area (Å²) in [5.74, 6) is -0.116. The van der Waals surface area contributed by atoms with Crippen LogP contribution in [0.15, 0.2) is 0 Å². The summed E-state index contributed by atoms with van der Waals surface area (Å²) in [6.45, 7) is 3.13. The molecule has 1 aliphatic heterocycles. The Hall–Kier alpha value is -1.01. The van der Waals surface area contributed by atoms with Crippen molar-refractivity contribution in [3.05, 3.63) is 0 Å². The molecule has 2 rings (SSSR count). The molecule has 0 aromatic carbocycles. The standard InChI is InChI=1S/C15H28N4O2.ClH/c1-11-13(8-5-9-16-11)19-14(20)10-17-15(21)18-12-6-3-2-4-7-12;/h11-13,16H,2-10H2,1H3,(H,19,20)(H2,17,18,21);1H. The molecular formula is C15H29ClN4O2. The minimum atomic E-state index is -0.230. The summed E-state index contributed by atoms with van der Waals surface area (Å²) in [6, 6.07) is 0.490. The third-order valence-electron chi connectivity index (χ3n) is 4.46. The molecule has 3 amide bonds. The summed E-state index contributed by atoms with van der Waals surface area (Å²) in [7, 11) is 0. The van der Waals surface area contributed by atoms with Crippen LogP contribution in [0.25, 0.3) is 0 Å². The highest BCUT2D eigenvalue weighted by atomic mass is 35.5. The lowest BCUT2D eigenvalue weighted by atomic mass is 9.96. The second-order valence-corrected chi connectivity index (χ2v) is 6.22. The van der Waals surface area contributed by atoms with Gasteiger partial charge in [0.05, 0.1) is 6.54 Å². The van der Waals surface area contributed by atoms with Gasteiger partial charge in [-0.2, -0.15) is 0 Å². The molecule has 0 aromatic rings. The van der Waals surface area contributed by atoms with E-state index >= 15 is 0 Å². The Morgan fingerprint density at radius 2 is 1.77 bits per heavy atom. The predicted molar refractivity (Wildman–Crippen MR) is 89.3 cm³/mol. The molecule has 2 unspecified atom stereocenters. The van der Waals surface area contributed by atoms with Crippen LogP contribution in [0, 0.1) is 0 Å². The van der Waals surface area contributed by atoms with Gasteiger partial charge in [0.2, 0.25) is 5.91 Å². The zero-order valence-electron chi connectivity index (χ0n) is 13.3. The second kappa shape index (κ2) is 9.90. The molecule has 0 bridgehead atoms. The molecule has 2 fully saturated rings. The van der Waals surface area contributed by atoms with Crippen LogP contribution < -0.4 is 21.3 Å². The Bertz CT molecular complexity index is 361. The SMILES string of the molecule is CC1NCCCC1NC(=O)CNC(=O)NC1CCCCC1.Cl. The van der Waals surface area contributed by atoms with Gasteiger partial charge in [0.25, 0.3) is 0 Å². The van der Waals surface area contributed by atoms with Gasteiger partial charge in [-0.05, 0) is 39.2 Å². The van der Waals surface area contributed by atoms with Gasteiger partial charge in [-0.3, -0.25) is 4.79 Å². The monoisotopic (exact) mass is 332 g/mol. The first kappa shape index (κ1) is 19.0. The summed E-state index contributed by atoms with van der Waals surface area (Å²) < 4.78 is 0. The number of carbonyl (C=O) groups is 2. The maximum atomic E-state index is 11.9. The molecule has 1 heterocycles. The number of carbonyl (C=O) groups excluding carboxylic acids is 2. The number of hydrogen-bond donors (Lipinski definition) is 4. The van der Waals surface area contributed by atoms with Crippen molar-refractivity contribution in [1.29, 1.82) is 0 Å². The van der Waals surface area contributed by atoms with Gasteiger partial charge in [0.15, 0.2) is 0 Å². The summed E-state index contributed by atoms with van der Waals surface area (Å²) >= 11 is 0. The second-order valence-electron chi connectivity index (χ2n) is 6.22. The lowest BCUT2D eigenvalue weighted by molar-refractivity contribution is -0.121. The fourth-order valence-corrected chi connectivity index (χ4v) is 3.14. The average Bonchev–Trinajstić information content (AvgIpc) is 2.49. The van der Waals surface area contributed by atoms with E-state index in [1.54, 1.807) is 0 Å². The number of amides is 3. The molecular weight excluding hydrogens is 304 g/mol. The van der Waals surface area contributed by atoms with E-state index in [-0.39, 0.29) is 43.0 Å². The maximum absolute atomic E-state index is 11.9. The van der Waals surface area contributed by atoms with Gasteiger partial charge >= 0.3 is 6.03 Å². The van der Waals surface area contributed by atoms with Crippen LogP contribution in [-0.2, 0) is 4.79 Å². The Balaban J connectivity index is 0.00000242. The largest absolute Gasteiger partial charge is 0.350 e. The quantitative estimate of drug-likeness (QED) is 0.626. The number of nitrogens with one attached hydrogen (secondary N) is 4. The summed E-state index contributed by atoms with van der Waals surface area (Å²) in [4.78, 5) is 23.6. The molecule has 22 heavy (non-hydrogen) atoms. The number of piperidine rings is 1. The van der Waals surface area contributed by atoms with Crippen LogP contribution >= 0.6 is 12.4 Å². The Kier molecular flexibility index (Phi) is 8.56. The summed E-state index contributed by atoms with van der Waals surface area (Å²) in [5.41, 5.74) is 0. The lowest BCUT2D eigenvalue weighted by Gasteiger charge is -2.30. The van der Waals surface area contributed by atoms with Crippen LogP contribution in [0.4, 0.5) is 4.79 Å². The van der Waals surface area contributed by atoms with Crippen molar-refractivity contribution in [1.82, 2.24) is 21.3 Å². The van der Waals surface area contributed by atoms with E-state index in [1.165, 1.54) is 19.3 Å². The first-order valence-electron chi connectivity index (χ1n) is 8.22. The number of rotatable bonds is 4. The highest BCUT2D eigenvalue weighted by molar-refractivity contribution is 5.85. The highest BCUT2D eigenvalue weighted by Crippen LogP contribution is 2.17. The van der Waals surface area contributed by atoms with Crippen LogP contribution in [0.1, 0.15) is 51.9 Å². The van der Waals surface area contributed by atoms with Crippen molar-refractivity contribution >= 4 is 24.3 Å². The molecule has 7 heteroatoms. The van der Waals surface area contributed by atoms with E-state index in [1.807, 2.05) is 0 Å². The van der Waals surface area contributed by atoms with E-state index in [4.69, 9.17) is 0 Å². The lowest BCUT2D eigenvalue weighted by Crippen LogP contribution is -2.54. The molecule has 1 aliphatic carbocycles. The van der Waals surface area contributed by atoms with E-state index in [2.05, 4.69) is 28.2 Å². The van der Waals surface area contributed by atoms with Crippen molar-refractivity contribution < 1.29 is 9.59 Å². The van der Waals surface area contributed by atoms with Crippen molar-refractivity contribution in [3.8, 4) is 0 Å². The first-order chi connectivity index (χ1) is 10.1. The topological polar surface area (TPSA) is 82.3 Å². The average molecular weight is 333 g/mol. The Labute approximate surface area is 139 Å². The van der Waals surface area contributed by atoms with Gasteiger partial charge in [0, 0.05) is 18.1 Å². The first-order valence-corrected chi connectivity index (χ1v) is 8.22. The third kappa shape index (κ3) is 6.40. The number of hydrogen-bond acceptors (Lipinski definition) is 3. The maximum Gasteiger partial charge on any atom is 0.315 e. The van der Waals surface area contributed by atoms with Crippen molar-refractivity contribution in [2.75, 3.05) is 13.1 Å². The van der Waals surface area contributed by atoms with Crippen molar-refractivity contribution in [3.63, 3.8) is 0 Å².